The maximum absolute atomic E-state index is 12.1. The number of hydrogen-bond acceptors (Lipinski definition) is 4. The maximum Gasteiger partial charge on any atom is 0.340 e. The number of nitrogens with zero attached hydrogens (tertiary/aromatic N) is 1. The van der Waals surface area contributed by atoms with E-state index < -0.39 is 18.0 Å². The summed E-state index contributed by atoms with van der Waals surface area (Å²) >= 11 is 9.17. The number of benzene rings is 2. The molecule has 0 bridgehead atoms. The third-order valence-electron chi connectivity index (χ3n) is 3.10. The van der Waals surface area contributed by atoms with E-state index in [0.717, 1.165) is 0 Å². The summed E-state index contributed by atoms with van der Waals surface area (Å²) in [4.78, 5) is 24.2. The number of hydrogen-bond donors (Lipinski definition) is 1. The van der Waals surface area contributed by atoms with Crippen LogP contribution in [0.4, 0.5) is 5.69 Å². The highest BCUT2D eigenvalue weighted by Gasteiger charge is 2.20. The van der Waals surface area contributed by atoms with E-state index in [1.54, 1.807) is 30.3 Å². The third kappa shape index (κ3) is 4.34. The number of carbonyl (C=O) groups is 2. The van der Waals surface area contributed by atoms with Crippen LogP contribution in [0.1, 0.15) is 22.8 Å². The molecule has 24 heavy (non-hydrogen) atoms. The number of ether oxygens (including phenoxy) is 1. The molecule has 2 aromatic rings. The fourth-order valence-corrected chi connectivity index (χ4v) is 2.50. The Labute approximate surface area is 152 Å². The molecule has 122 valence electrons. The normalized spacial score (nSPS) is 11.2. The molecule has 2 aromatic carbocycles. The minimum atomic E-state index is -1.00. The van der Waals surface area contributed by atoms with Crippen LogP contribution in [-0.2, 0) is 9.53 Å². The molecule has 5 nitrogen and oxygen atoms in total. The van der Waals surface area contributed by atoms with Crippen LogP contribution in [0.5, 0.6) is 0 Å². The highest BCUT2D eigenvalue weighted by Crippen LogP contribution is 2.21. The Bertz CT molecular complexity index is 833. The second kappa shape index (κ2) is 7.95. The summed E-state index contributed by atoms with van der Waals surface area (Å²) in [6, 6.07) is 13.2. The van der Waals surface area contributed by atoms with Crippen LogP contribution in [0.15, 0.2) is 46.9 Å². The van der Waals surface area contributed by atoms with Crippen LogP contribution in [0.25, 0.3) is 0 Å². The average molecular weight is 408 g/mol. The van der Waals surface area contributed by atoms with E-state index in [1.165, 1.54) is 19.1 Å². The van der Waals surface area contributed by atoms with Gasteiger partial charge in [-0.2, -0.15) is 5.26 Å². The van der Waals surface area contributed by atoms with Crippen molar-refractivity contribution in [2.24, 2.45) is 0 Å². The van der Waals surface area contributed by atoms with E-state index in [4.69, 9.17) is 21.6 Å². The van der Waals surface area contributed by atoms with E-state index in [9.17, 15) is 9.59 Å². The molecule has 0 heterocycles. The van der Waals surface area contributed by atoms with Crippen LogP contribution in [0.3, 0.4) is 0 Å². The van der Waals surface area contributed by atoms with Crippen molar-refractivity contribution in [3.63, 3.8) is 0 Å². The Kier molecular flexibility index (Phi) is 5.96. The summed E-state index contributed by atoms with van der Waals surface area (Å²) < 4.78 is 5.74. The molecule has 0 fully saturated rings. The zero-order valence-electron chi connectivity index (χ0n) is 12.5. The SMILES string of the molecule is CC(OC(=O)c1ccccc1Br)C(=O)Nc1ccc(C#N)c(Cl)c1. The Morgan fingerprint density at radius 1 is 1.29 bits per heavy atom. The minimum Gasteiger partial charge on any atom is -0.449 e. The Morgan fingerprint density at radius 3 is 2.62 bits per heavy atom. The van der Waals surface area contributed by atoms with Gasteiger partial charge in [-0.1, -0.05) is 23.7 Å². The summed E-state index contributed by atoms with van der Waals surface area (Å²) in [5.41, 5.74) is 1.05. The molecule has 1 amide bonds. The molecule has 0 saturated carbocycles. The van der Waals surface area contributed by atoms with E-state index in [0.29, 0.717) is 21.3 Å². The standard InChI is InChI=1S/C17H12BrClN2O3/c1-10(24-17(23)13-4-2-3-5-14(13)18)16(22)21-12-7-6-11(9-20)15(19)8-12/h2-8,10H,1H3,(H,21,22). The number of rotatable bonds is 4. The van der Waals surface area contributed by atoms with E-state index >= 15 is 0 Å². The summed E-state index contributed by atoms with van der Waals surface area (Å²) in [7, 11) is 0. The first-order valence-corrected chi connectivity index (χ1v) is 8.05. The second-order valence-electron chi connectivity index (χ2n) is 4.82. The maximum atomic E-state index is 12.1. The Morgan fingerprint density at radius 2 is 2.00 bits per heavy atom. The predicted octanol–water partition coefficient (Wildman–Crippen LogP) is 4.16. The Balaban J connectivity index is 2.02. The number of esters is 1. The summed E-state index contributed by atoms with van der Waals surface area (Å²) in [5.74, 6) is -1.11. The van der Waals surface area contributed by atoms with E-state index in [2.05, 4.69) is 21.2 Å². The molecule has 1 atom stereocenters. The van der Waals surface area contributed by atoms with Crippen LogP contribution in [0, 0.1) is 11.3 Å². The predicted molar refractivity (Wildman–Crippen MR) is 93.8 cm³/mol. The number of halogens is 2. The largest absolute Gasteiger partial charge is 0.449 e. The van der Waals surface area contributed by atoms with Crippen molar-refractivity contribution in [2.45, 2.75) is 13.0 Å². The topological polar surface area (TPSA) is 79.2 Å². The van der Waals surface area contributed by atoms with Gasteiger partial charge in [0.2, 0.25) is 0 Å². The smallest absolute Gasteiger partial charge is 0.340 e. The number of carbonyl (C=O) groups excluding carboxylic acids is 2. The molecule has 7 heteroatoms. The molecular formula is C17H12BrClN2O3. The van der Waals surface area contributed by atoms with Gasteiger partial charge in [-0.15, -0.1) is 0 Å². The van der Waals surface area contributed by atoms with Crippen molar-refractivity contribution >= 4 is 45.1 Å². The van der Waals surface area contributed by atoms with Crippen molar-refractivity contribution in [3.05, 3.63) is 63.1 Å². The zero-order valence-corrected chi connectivity index (χ0v) is 14.9. The molecular weight excluding hydrogens is 396 g/mol. The van der Waals surface area contributed by atoms with Crippen molar-refractivity contribution < 1.29 is 14.3 Å². The molecule has 2 rings (SSSR count). The molecule has 0 aliphatic rings. The number of nitriles is 1. The lowest BCUT2D eigenvalue weighted by Gasteiger charge is -2.14. The first kappa shape index (κ1) is 18.0. The first-order valence-electron chi connectivity index (χ1n) is 6.88. The number of amides is 1. The van der Waals surface area contributed by atoms with Crippen LogP contribution < -0.4 is 5.32 Å². The van der Waals surface area contributed by atoms with Gasteiger partial charge >= 0.3 is 5.97 Å². The van der Waals surface area contributed by atoms with Gasteiger partial charge in [-0.3, -0.25) is 4.79 Å². The highest BCUT2D eigenvalue weighted by molar-refractivity contribution is 9.10. The van der Waals surface area contributed by atoms with Gasteiger partial charge in [-0.25, -0.2) is 4.79 Å². The highest BCUT2D eigenvalue weighted by atomic mass is 79.9. The Hall–Kier alpha value is -2.36. The lowest BCUT2D eigenvalue weighted by Crippen LogP contribution is -2.30. The van der Waals surface area contributed by atoms with E-state index in [1.807, 2.05) is 6.07 Å². The van der Waals surface area contributed by atoms with Crippen LogP contribution in [0.2, 0.25) is 5.02 Å². The molecule has 1 unspecified atom stereocenters. The summed E-state index contributed by atoms with van der Waals surface area (Å²) in [5, 5.41) is 11.6. The van der Waals surface area contributed by atoms with Gasteiger partial charge in [0.15, 0.2) is 6.10 Å². The van der Waals surface area contributed by atoms with Crippen LogP contribution in [-0.4, -0.2) is 18.0 Å². The molecule has 0 aliphatic heterocycles. The molecule has 0 radical (unpaired) electrons. The molecule has 0 aromatic heterocycles. The summed E-state index contributed by atoms with van der Waals surface area (Å²) in [6.45, 7) is 1.47. The van der Waals surface area contributed by atoms with Gasteiger partial charge < -0.3 is 10.1 Å². The zero-order chi connectivity index (χ0) is 17.7. The number of anilines is 1. The molecule has 1 N–H and O–H groups in total. The number of nitrogens with one attached hydrogen (secondary N) is 1. The lowest BCUT2D eigenvalue weighted by molar-refractivity contribution is -0.123. The fourth-order valence-electron chi connectivity index (χ4n) is 1.83. The van der Waals surface area contributed by atoms with Gasteiger partial charge in [0, 0.05) is 10.2 Å². The fraction of sp³-hybridized carbons (Fsp3) is 0.118. The quantitative estimate of drug-likeness (QED) is 0.772. The van der Waals surface area contributed by atoms with Gasteiger partial charge in [0.25, 0.3) is 5.91 Å². The third-order valence-corrected chi connectivity index (χ3v) is 4.11. The lowest BCUT2D eigenvalue weighted by atomic mass is 10.2. The van der Waals surface area contributed by atoms with Crippen LogP contribution >= 0.6 is 27.5 Å². The van der Waals surface area contributed by atoms with E-state index in [-0.39, 0.29) is 5.02 Å². The minimum absolute atomic E-state index is 0.230. The second-order valence-corrected chi connectivity index (χ2v) is 6.08. The van der Waals surface area contributed by atoms with Crippen molar-refractivity contribution in [2.75, 3.05) is 5.32 Å². The van der Waals surface area contributed by atoms with Crippen molar-refractivity contribution in [3.8, 4) is 6.07 Å². The van der Waals surface area contributed by atoms with Gasteiger partial charge in [0.05, 0.1) is 16.1 Å². The molecule has 0 aliphatic carbocycles. The van der Waals surface area contributed by atoms with Gasteiger partial charge in [-0.05, 0) is 53.2 Å². The van der Waals surface area contributed by atoms with Gasteiger partial charge in [0.1, 0.15) is 6.07 Å². The first-order chi connectivity index (χ1) is 11.4. The monoisotopic (exact) mass is 406 g/mol. The van der Waals surface area contributed by atoms with Crippen molar-refractivity contribution in [1.29, 1.82) is 5.26 Å². The molecule has 0 saturated heterocycles. The average Bonchev–Trinajstić information content (AvgIpc) is 2.55. The summed E-state index contributed by atoms with van der Waals surface area (Å²) in [6.07, 6.45) is -1.00. The molecule has 0 spiro atoms. The van der Waals surface area contributed by atoms with Crippen molar-refractivity contribution in [1.82, 2.24) is 0 Å².